The van der Waals surface area contributed by atoms with Crippen molar-refractivity contribution in [3.8, 4) is 11.3 Å². The summed E-state index contributed by atoms with van der Waals surface area (Å²) in [5.41, 5.74) is 1.79. The highest BCUT2D eigenvalue weighted by molar-refractivity contribution is 5.92. The van der Waals surface area contributed by atoms with E-state index in [4.69, 9.17) is 0 Å². The van der Waals surface area contributed by atoms with Crippen LogP contribution < -0.4 is 0 Å². The Hall–Kier alpha value is -2.76. The van der Waals surface area contributed by atoms with E-state index in [1.54, 1.807) is 48.5 Å². The van der Waals surface area contributed by atoms with Gasteiger partial charge in [0, 0.05) is 36.3 Å². The number of hydrogen-bond acceptors (Lipinski definition) is 3. The predicted molar refractivity (Wildman–Crippen MR) is 105 cm³/mol. The molecule has 6 heteroatoms. The van der Waals surface area contributed by atoms with Crippen molar-refractivity contribution >= 4 is 16.8 Å². The molecule has 0 bridgehead atoms. The van der Waals surface area contributed by atoms with Gasteiger partial charge in [-0.05, 0) is 42.7 Å². The smallest absolute Gasteiger partial charge is 0.274 e. The number of halogens is 1. The lowest BCUT2D eigenvalue weighted by Crippen LogP contribution is -2.32. The van der Waals surface area contributed by atoms with Crippen molar-refractivity contribution in [3.05, 3.63) is 48.0 Å². The summed E-state index contributed by atoms with van der Waals surface area (Å²) in [6.07, 6.45) is 4.94. The van der Waals surface area contributed by atoms with E-state index in [-0.39, 0.29) is 17.4 Å². The van der Waals surface area contributed by atoms with E-state index in [0.29, 0.717) is 29.1 Å². The van der Waals surface area contributed by atoms with Gasteiger partial charge in [0.05, 0.1) is 5.69 Å². The first kappa shape index (κ1) is 19.0. The number of nitrogens with one attached hydrogen (secondary N) is 1. The monoisotopic (exact) mass is 368 g/mol. The second-order valence-electron chi connectivity index (χ2n) is 6.92. The minimum atomic E-state index is -0.343. The minimum absolute atomic E-state index is 0.162. The van der Waals surface area contributed by atoms with Crippen LogP contribution in [0.3, 0.4) is 0 Å². The lowest BCUT2D eigenvalue weighted by atomic mass is 10.0. The molecular weight excluding hydrogens is 343 g/mol. The maximum absolute atomic E-state index is 14.7. The first-order chi connectivity index (χ1) is 13.0. The van der Waals surface area contributed by atoms with Crippen LogP contribution in [0.5, 0.6) is 0 Å². The van der Waals surface area contributed by atoms with Gasteiger partial charge >= 0.3 is 0 Å². The number of fused-ring (bicyclic) bond motifs is 1. The fraction of sp³-hybridized carbons (Fsp3) is 0.381. The number of carbonyl (C=O) groups excluding carboxylic acids is 1. The summed E-state index contributed by atoms with van der Waals surface area (Å²) in [4.78, 5) is 17.3. The number of carbonyl (C=O) groups is 1. The number of aromatic nitrogens is 3. The van der Waals surface area contributed by atoms with E-state index >= 15 is 0 Å². The molecule has 2 aromatic heterocycles. The molecule has 142 valence electrons. The van der Waals surface area contributed by atoms with Gasteiger partial charge < -0.3 is 9.88 Å². The number of aromatic amines is 1. The van der Waals surface area contributed by atoms with Crippen molar-refractivity contribution in [1.29, 1.82) is 0 Å². The normalized spacial score (nSPS) is 12.3. The average molecular weight is 368 g/mol. The molecule has 0 aliphatic carbocycles. The van der Waals surface area contributed by atoms with E-state index in [1.807, 2.05) is 0 Å². The van der Waals surface area contributed by atoms with Gasteiger partial charge in [0.25, 0.3) is 5.91 Å². The van der Waals surface area contributed by atoms with Crippen LogP contribution in [0.2, 0.25) is 0 Å². The Labute approximate surface area is 158 Å². The zero-order chi connectivity index (χ0) is 19.4. The van der Waals surface area contributed by atoms with E-state index in [9.17, 15) is 9.18 Å². The van der Waals surface area contributed by atoms with E-state index in [1.165, 1.54) is 0 Å². The van der Waals surface area contributed by atoms with Crippen LogP contribution in [0.4, 0.5) is 4.39 Å². The number of amides is 1. The lowest BCUT2D eigenvalue weighted by molar-refractivity contribution is 0.0761. The molecule has 1 N–H and O–H groups in total. The summed E-state index contributed by atoms with van der Waals surface area (Å²) < 4.78 is 14.7. The largest absolute Gasteiger partial charge is 0.361 e. The van der Waals surface area contributed by atoms with Crippen LogP contribution in [0, 0.1) is 11.7 Å². The van der Waals surface area contributed by atoms with Crippen molar-refractivity contribution in [1.82, 2.24) is 20.1 Å². The first-order valence-electron chi connectivity index (χ1n) is 9.40. The zero-order valence-electron chi connectivity index (χ0n) is 16.0. The molecule has 1 atom stereocenters. The fourth-order valence-corrected chi connectivity index (χ4v) is 3.38. The van der Waals surface area contributed by atoms with Crippen LogP contribution in [-0.4, -0.2) is 39.6 Å². The predicted octanol–water partition coefficient (Wildman–Crippen LogP) is 4.66. The standard InChI is InChI=1S/C21H25FN4O/c1-4-6-14(5-2)13-26(3)21(27)19-10-9-18(24-25-19)15-7-8-17-16(20(15)22)11-12-23-17/h7-12,14,23H,4-6,13H2,1-3H3. The van der Waals surface area contributed by atoms with Gasteiger partial charge in [-0.1, -0.05) is 26.7 Å². The summed E-state index contributed by atoms with van der Waals surface area (Å²) >= 11 is 0. The number of benzene rings is 1. The van der Waals surface area contributed by atoms with Crippen LogP contribution in [0.15, 0.2) is 36.5 Å². The van der Waals surface area contributed by atoms with Crippen LogP contribution in [0.1, 0.15) is 43.6 Å². The maximum atomic E-state index is 14.7. The highest BCUT2D eigenvalue weighted by atomic mass is 19.1. The summed E-state index contributed by atoms with van der Waals surface area (Å²) in [5.74, 6) is -0.0203. The number of hydrogen-bond donors (Lipinski definition) is 1. The van der Waals surface area contributed by atoms with E-state index in [2.05, 4.69) is 29.0 Å². The van der Waals surface area contributed by atoms with Crippen molar-refractivity contribution in [2.45, 2.75) is 33.1 Å². The topological polar surface area (TPSA) is 61.9 Å². The molecule has 0 aliphatic heterocycles. The van der Waals surface area contributed by atoms with Crippen LogP contribution >= 0.6 is 0 Å². The quantitative estimate of drug-likeness (QED) is 0.660. The van der Waals surface area contributed by atoms with Gasteiger partial charge in [0.15, 0.2) is 5.69 Å². The fourth-order valence-electron chi connectivity index (χ4n) is 3.38. The summed E-state index contributed by atoms with van der Waals surface area (Å²) in [6.45, 7) is 4.99. The second-order valence-corrected chi connectivity index (χ2v) is 6.92. The summed E-state index contributed by atoms with van der Waals surface area (Å²) in [6, 6.07) is 8.43. The lowest BCUT2D eigenvalue weighted by Gasteiger charge is -2.22. The maximum Gasteiger partial charge on any atom is 0.274 e. The third kappa shape index (κ3) is 3.99. The van der Waals surface area contributed by atoms with Gasteiger partial charge in [-0.3, -0.25) is 4.79 Å². The van der Waals surface area contributed by atoms with Gasteiger partial charge in [-0.2, -0.15) is 0 Å². The van der Waals surface area contributed by atoms with Crippen molar-refractivity contribution < 1.29 is 9.18 Å². The molecule has 0 saturated carbocycles. The molecule has 1 aromatic carbocycles. The molecule has 2 heterocycles. The van der Waals surface area contributed by atoms with Crippen LogP contribution in [0.25, 0.3) is 22.2 Å². The SMILES string of the molecule is CCCC(CC)CN(C)C(=O)c1ccc(-c2ccc3[nH]ccc3c2F)nn1. The van der Waals surface area contributed by atoms with Crippen molar-refractivity contribution in [2.24, 2.45) is 5.92 Å². The van der Waals surface area contributed by atoms with E-state index in [0.717, 1.165) is 24.8 Å². The summed E-state index contributed by atoms with van der Waals surface area (Å²) in [7, 11) is 1.79. The Morgan fingerprint density at radius 2 is 2.00 bits per heavy atom. The highest BCUT2D eigenvalue weighted by Gasteiger charge is 2.18. The Bertz CT molecular complexity index is 920. The molecule has 1 unspecified atom stereocenters. The Morgan fingerprint density at radius 3 is 2.67 bits per heavy atom. The third-order valence-corrected chi connectivity index (χ3v) is 4.98. The van der Waals surface area contributed by atoms with Crippen LogP contribution in [-0.2, 0) is 0 Å². The van der Waals surface area contributed by atoms with Gasteiger partial charge in [0.2, 0.25) is 0 Å². The van der Waals surface area contributed by atoms with E-state index < -0.39 is 0 Å². The van der Waals surface area contributed by atoms with Crippen molar-refractivity contribution in [2.75, 3.05) is 13.6 Å². The van der Waals surface area contributed by atoms with Crippen molar-refractivity contribution in [3.63, 3.8) is 0 Å². The zero-order valence-corrected chi connectivity index (χ0v) is 16.0. The molecule has 1 amide bonds. The molecule has 0 saturated heterocycles. The molecule has 0 fully saturated rings. The Balaban J connectivity index is 1.78. The second kappa shape index (κ2) is 8.29. The molecule has 3 aromatic rings. The molecular formula is C21H25FN4O. The Morgan fingerprint density at radius 1 is 1.19 bits per heavy atom. The molecule has 0 aliphatic rings. The van der Waals surface area contributed by atoms with Gasteiger partial charge in [0.1, 0.15) is 5.82 Å². The molecule has 3 rings (SSSR count). The highest BCUT2D eigenvalue weighted by Crippen LogP contribution is 2.27. The summed E-state index contributed by atoms with van der Waals surface area (Å²) in [5, 5.41) is 8.65. The first-order valence-corrected chi connectivity index (χ1v) is 9.40. The minimum Gasteiger partial charge on any atom is -0.361 e. The third-order valence-electron chi connectivity index (χ3n) is 4.98. The van der Waals surface area contributed by atoms with Gasteiger partial charge in [-0.15, -0.1) is 10.2 Å². The number of nitrogens with zero attached hydrogens (tertiary/aromatic N) is 3. The number of rotatable bonds is 7. The molecule has 5 nitrogen and oxygen atoms in total. The average Bonchev–Trinajstić information content (AvgIpc) is 3.17. The molecule has 27 heavy (non-hydrogen) atoms. The number of H-pyrrole nitrogens is 1. The Kier molecular flexibility index (Phi) is 5.84. The molecule has 0 spiro atoms. The molecule has 0 radical (unpaired) electrons. The van der Waals surface area contributed by atoms with Gasteiger partial charge in [-0.25, -0.2) is 4.39 Å².